The Morgan fingerprint density at radius 2 is 1.86 bits per heavy atom. The molecule has 1 atom stereocenters. The SMILES string of the molecule is CCC(NC(=O)CCC(=O)OCCOC)c1ccccc1. The number of carbonyl (C=O) groups is 2. The number of rotatable bonds is 9. The van der Waals surface area contributed by atoms with Crippen LogP contribution in [-0.4, -0.2) is 32.2 Å². The van der Waals surface area contributed by atoms with Gasteiger partial charge < -0.3 is 14.8 Å². The minimum Gasteiger partial charge on any atom is -0.463 e. The Labute approximate surface area is 125 Å². The van der Waals surface area contributed by atoms with E-state index in [1.165, 1.54) is 7.11 Å². The van der Waals surface area contributed by atoms with Crippen LogP contribution in [-0.2, 0) is 19.1 Å². The minimum absolute atomic E-state index is 0.0248. The second kappa shape index (κ2) is 9.94. The third-order valence-electron chi connectivity index (χ3n) is 3.05. The summed E-state index contributed by atoms with van der Waals surface area (Å²) in [5.41, 5.74) is 1.07. The average molecular weight is 293 g/mol. The summed E-state index contributed by atoms with van der Waals surface area (Å²) in [4.78, 5) is 23.3. The van der Waals surface area contributed by atoms with Crippen molar-refractivity contribution in [2.75, 3.05) is 20.3 Å². The first-order valence-corrected chi connectivity index (χ1v) is 7.16. The topological polar surface area (TPSA) is 64.6 Å². The summed E-state index contributed by atoms with van der Waals surface area (Å²) >= 11 is 0. The van der Waals surface area contributed by atoms with Crippen molar-refractivity contribution in [1.29, 1.82) is 0 Å². The van der Waals surface area contributed by atoms with E-state index < -0.39 is 0 Å². The number of hydrogen-bond donors (Lipinski definition) is 1. The Morgan fingerprint density at radius 3 is 2.48 bits per heavy atom. The third kappa shape index (κ3) is 6.90. The zero-order valence-electron chi connectivity index (χ0n) is 12.6. The fraction of sp³-hybridized carbons (Fsp3) is 0.500. The fourth-order valence-corrected chi connectivity index (χ4v) is 1.90. The van der Waals surface area contributed by atoms with Crippen LogP contribution >= 0.6 is 0 Å². The molecule has 1 aromatic rings. The fourth-order valence-electron chi connectivity index (χ4n) is 1.90. The van der Waals surface area contributed by atoms with Crippen molar-refractivity contribution in [1.82, 2.24) is 5.32 Å². The van der Waals surface area contributed by atoms with E-state index >= 15 is 0 Å². The number of amides is 1. The zero-order valence-corrected chi connectivity index (χ0v) is 12.6. The van der Waals surface area contributed by atoms with E-state index in [1.54, 1.807) is 0 Å². The number of carbonyl (C=O) groups excluding carboxylic acids is 2. The number of nitrogens with one attached hydrogen (secondary N) is 1. The average Bonchev–Trinajstić information content (AvgIpc) is 2.51. The quantitative estimate of drug-likeness (QED) is 0.560. The van der Waals surface area contributed by atoms with Gasteiger partial charge >= 0.3 is 5.97 Å². The lowest BCUT2D eigenvalue weighted by atomic mass is 10.0. The lowest BCUT2D eigenvalue weighted by molar-refractivity contribution is -0.146. The molecule has 0 fully saturated rings. The predicted molar refractivity (Wildman–Crippen MR) is 79.7 cm³/mol. The summed E-state index contributed by atoms with van der Waals surface area (Å²) in [5.74, 6) is -0.524. The van der Waals surface area contributed by atoms with E-state index in [2.05, 4.69) is 5.32 Å². The van der Waals surface area contributed by atoms with Gasteiger partial charge in [0.2, 0.25) is 5.91 Å². The van der Waals surface area contributed by atoms with E-state index in [0.29, 0.717) is 6.61 Å². The molecular weight excluding hydrogens is 270 g/mol. The van der Waals surface area contributed by atoms with Gasteiger partial charge in [-0.05, 0) is 12.0 Å². The van der Waals surface area contributed by atoms with E-state index in [1.807, 2.05) is 37.3 Å². The molecule has 0 aromatic heterocycles. The predicted octanol–water partition coefficient (Wildman–Crippen LogP) is 2.22. The van der Waals surface area contributed by atoms with Gasteiger partial charge in [0.15, 0.2) is 0 Å². The summed E-state index contributed by atoms with van der Waals surface area (Å²) in [6, 6.07) is 9.76. The lowest BCUT2D eigenvalue weighted by Gasteiger charge is -2.17. The minimum atomic E-state index is -0.380. The van der Waals surface area contributed by atoms with Gasteiger partial charge in [0.1, 0.15) is 6.61 Å². The maximum Gasteiger partial charge on any atom is 0.306 e. The molecule has 0 spiro atoms. The van der Waals surface area contributed by atoms with Crippen LogP contribution in [0.3, 0.4) is 0 Å². The summed E-state index contributed by atoms with van der Waals surface area (Å²) in [7, 11) is 1.54. The van der Waals surface area contributed by atoms with Crippen LogP contribution in [0.4, 0.5) is 0 Å². The highest BCUT2D eigenvalue weighted by Crippen LogP contribution is 2.16. The van der Waals surface area contributed by atoms with Crippen molar-refractivity contribution >= 4 is 11.9 Å². The number of esters is 1. The van der Waals surface area contributed by atoms with Gasteiger partial charge in [0, 0.05) is 13.5 Å². The van der Waals surface area contributed by atoms with Crippen LogP contribution in [0, 0.1) is 0 Å². The first-order valence-electron chi connectivity index (χ1n) is 7.16. The monoisotopic (exact) mass is 293 g/mol. The molecule has 1 N–H and O–H groups in total. The van der Waals surface area contributed by atoms with Crippen molar-refractivity contribution in [3.8, 4) is 0 Å². The van der Waals surface area contributed by atoms with Crippen molar-refractivity contribution in [3.05, 3.63) is 35.9 Å². The molecule has 1 aromatic carbocycles. The first-order chi connectivity index (χ1) is 10.2. The zero-order chi connectivity index (χ0) is 15.5. The summed E-state index contributed by atoms with van der Waals surface area (Å²) in [6.07, 6.45) is 1.02. The van der Waals surface area contributed by atoms with E-state index in [0.717, 1.165) is 12.0 Å². The molecule has 1 amide bonds. The van der Waals surface area contributed by atoms with Gasteiger partial charge in [-0.25, -0.2) is 0 Å². The molecular formula is C16H23NO4. The summed E-state index contributed by atoms with van der Waals surface area (Å²) in [6.45, 7) is 2.60. The van der Waals surface area contributed by atoms with Crippen LogP contribution in [0.25, 0.3) is 0 Å². The van der Waals surface area contributed by atoms with Crippen LogP contribution < -0.4 is 5.32 Å². The molecule has 0 aliphatic heterocycles. The Hall–Kier alpha value is -1.88. The van der Waals surface area contributed by atoms with Crippen LogP contribution in [0.15, 0.2) is 30.3 Å². The molecule has 0 radical (unpaired) electrons. The van der Waals surface area contributed by atoms with Crippen LogP contribution in [0.2, 0.25) is 0 Å². The molecule has 0 heterocycles. The highest BCUT2D eigenvalue weighted by atomic mass is 16.6. The second-order valence-corrected chi connectivity index (χ2v) is 4.65. The van der Waals surface area contributed by atoms with E-state index in [9.17, 15) is 9.59 Å². The Kier molecular flexibility index (Phi) is 8.12. The number of ether oxygens (including phenoxy) is 2. The molecule has 0 saturated carbocycles. The van der Waals surface area contributed by atoms with Crippen molar-refractivity contribution < 1.29 is 19.1 Å². The normalized spacial score (nSPS) is 11.7. The largest absolute Gasteiger partial charge is 0.463 e. The molecule has 116 valence electrons. The molecule has 1 rings (SSSR count). The van der Waals surface area contributed by atoms with Gasteiger partial charge in [-0.1, -0.05) is 37.3 Å². The van der Waals surface area contributed by atoms with Gasteiger partial charge in [-0.3, -0.25) is 9.59 Å². The maximum atomic E-state index is 11.9. The molecule has 0 aliphatic carbocycles. The Balaban J connectivity index is 2.33. The van der Waals surface area contributed by atoms with Crippen molar-refractivity contribution in [2.45, 2.75) is 32.2 Å². The molecule has 5 heteroatoms. The molecule has 5 nitrogen and oxygen atoms in total. The molecule has 1 unspecified atom stereocenters. The summed E-state index contributed by atoms with van der Waals surface area (Å²) in [5, 5.41) is 2.93. The number of benzene rings is 1. The third-order valence-corrected chi connectivity index (χ3v) is 3.05. The second-order valence-electron chi connectivity index (χ2n) is 4.65. The van der Waals surface area contributed by atoms with Gasteiger partial charge in [0.25, 0.3) is 0 Å². The van der Waals surface area contributed by atoms with Crippen LogP contribution in [0.1, 0.15) is 37.8 Å². The lowest BCUT2D eigenvalue weighted by Crippen LogP contribution is -2.28. The first kappa shape index (κ1) is 17.2. The van der Waals surface area contributed by atoms with E-state index in [4.69, 9.17) is 9.47 Å². The Morgan fingerprint density at radius 1 is 1.14 bits per heavy atom. The molecule has 21 heavy (non-hydrogen) atoms. The maximum absolute atomic E-state index is 11.9. The summed E-state index contributed by atoms with van der Waals surface area (Å²) < 4.78 is 9.68. The Bertz CT molecular complexity index is 433. The van der Waals surface area contributed by atoms with E-state index in [-0.39, 0.29) is 37.4 Å². The van der Waals surface area contributed by atoms with Gasteiger partial charge in [-0.15, -0.1) is 0 Å². The van der Waals surface area contributed by atoms with Crippen molar-refractivity contribution in [2.24, 2.45) is 0 Å². The molecule has 0 bridgehead atoms. The highest BCUT2D eigenvalue weighted by Gasteiger charge is 2.13. The van der Waals surface area contributed by atoms with Crippen molar-refractivity contribution in [3.63, 3.8) is 0 Å². The molecule has 0 aliphatic rings. The smallest absolute Gasteiger partial charge is 0.306 e. The highest BCUT2D eigenvalue weighted by molar-refractivity contribution is 5.81. The number of hydrogen-bond acceptors (Lipinski definition) is 4. The number of methoxy groups -OCH3 is 1. The van der Waals surface area contributed by atoms with Gasteiger partial charge in [-0.2, -0.15) is 0 Å². The van der Waals surface area contributed by atoms with Gasteiger partial charge in [0.05, 0.1) is 19.1 Å². The molecule has 0 saturated heterocycles. The van der Waals surface area contributed by atoms with Crippen LogP contribution in [0.5, 0.6) is 0 Å². The standard InChI is InChI=1S/C16H23NO4/c1-3-14(13-7-5-4-6-8-13)17-15(18)9-10-16(19)21-12-11-20-2/h4-8,14H,3,9-12H2,1-2H3,(H,17,18).